The highest BCUT2D eigenvalue weighted by molar-refractivity contribution is 9.10. The van der Waals surface area contributed by atoms with Crippen LogP contribution < -0.4 is 10.1 Å². The third-order valence-electron chi connectivity index (χ3n) is 3.80. The van der Waals surface area contributed by atoms with Gasteiger partial charge in [0.15, 0.2) is 0 Å². The van der Waals surface area contributed by atoms with E-state index in [-0.39, 0.29) is 11.8 Å². The lowest BCUT2D eigenvalue weighted by Crippen LogP contribution is -2.23. The molecule has 0 aliphatic rings. The van der Waals surface area contributed by atoms with Gasteiger partial charge in [0.05, 0.1) is 18.6 Å². The third kappa shape index (κ3) is 6.37. The van der Waals surface area contributed by atoms with Crippen LogP contribution >= 0.6 is 15.9 Å². The van der Waals surface area contributed by atoms with E-state index in [1.54, 1.807) is 50.4 Å². The van der Waals surface area contributed by atoms with Crippen LogP contribution in [-0.4, -0.2) is 51.1 Å². The van der Waals surface area contributed by atoms with Gasteiger partial charge in [0, 0.05) is 31.4 Å². The van der Waals surface area contributed by atoms with Crippen molar-refractivity contribution in [3.8, 4) is 5.75 Å². The number of hydrogen-bond donors (Lipinski definition) is 1. The van der Waals surface area contributed by atoms with Gasteiger partial charge in [0.1, 0.15) is 12.4 Å². The molecule has 0 aliphatic heterocycles. The highest BCUT2D eigenvalue weighted by atomic mass is 79.9. The van der Waals surface area contributed by atoms with Crippen molar-refractivity contribution in [2.75, 3.05) is 39.7 Å². The number of methoxy groups -OCH3 is 1. The molecule has 27 heavy (non-hydrogen) atoms. The van der Waals surface area contributed by atoms with Gasteiger partial charge in [0.25, 0.3) is 5.91 Å². The van der Waals surface area contributed by atoms with Gasteiger partial charge in [0.2, 0.25) is 5.91 Å². The summed E-state index contributed by atoms with van der Waals surface area (Å²) in [6, 6.07) is 12.5. The van der Waals surface area contributed by atoms with Crippen molar-refractivity contribution >= 4 is 33.4 Å². The number of nitrogens with zero attached hydrogens (tertiary/aromatic N) is 1. The van der Waals surface area contributed by atoms with Crippen molar-refractivity contribution in [1.82, 2.24) is 4.90 Å². The molecule has 0 aliphatic carbocycles. The summed E-state index contributed by atoms with van der Waals surface area (Å²) in [6.07, 6.45) is 0.324. The maximum absolute atomic E-state index is 12.7. The first-order chi connectivity index (χ1) is 12.9. The quantitative estimate of drug-likeness (QED) is 0.646. The topological polar surface area (TPSA) is 67.9 Å². The summed E-state index contributed by atoms with van der Waals surface area (Å²) >= 11 is 3.38. The average Bonchev–Trinajstić information content (AvgIpc) is 2.64. The van der Waals surface area contributed by atoms with Gasteiger partial charge in [-0.2, -0.15) is 0 Å². The highest BCUT2D eigenvalue weighted by Gasteiger charge is 2.14. The highest BCUT2D eigenvalue weighted by Crippen LogP contribution is 2.24. The molecular weight excluding hydrogens is 412 g/mol. The first-order valence-corrected chi connectivity index (χ1v) is 9.21. The van der Waals surface area contributed by atoms with Crippen molar-refractivity contribution in [3.63, 3.8) is 0 Å². The summed E-state index contributed by atoms with van der Waals surface area (Å²) in [6.45, 7) is 0.789. The van der Waals surface area contributed by atoms with Crippen LogP contribution in [0.15, 0.2) is 46.9 Å². The third-order valence-corrected chi connectivity index (χ3v) is 4.29. The lowest BCUT2D eigenvalue weighted by atomic mass is 10.1. The zero-order valence-corrected chi connectivity index (χ0v) is 17.2. The predicted molar refractivity (Wildman–Crippen MR) is 108 cm³/mol. The molecule has 2 rings (SSSR count). The summed E-state index contributed by atoms with van der Waals surface area (Å²) in [5.74, 6) is 0.237. The molecule has 0 unspecified atom stereocenters. The van der Waals surface area contributed by atoms with Crippen LogP contribution in [0.1, 0.15) is 15.9 Å². The maximum Gasteiger partial charge on any atom is 0.259 e. The number of nitrogens with one attached hydrogen (secondary N) is 1. The summed E-state index contributed by atoms with van der Waals surface area (Å²) in [7, 11) is 5.04. The molecular formula is C20H23BrN2O4. The number of benzene rings is 2. The van der Waals surface area contributed by atoms with E-state index in [1.165, 1.54) is 0 Å². The number of hydrogen-bond acceptors (Lipinski definition) is 4. The standard InChI is InChI=1S/C20H23BrN2O4/c1-23(2)19(24)12-14-4-7-16(8-5-14)22-20(25)17-13-15(21)6-9-18(17)27-11-10-26-3/h4-9,13H,10-12H2,1-3H3,(H,22,25). The van der Waals surface area contributed by atoms with E-state index < -0.39 is 0 Å². The maximum atomic E-state index is 12.7. The van der Waals surface area contributed by atoms with Crippen molar-refractivity contribution in [2.45, 2.75) is 6.42 Å². The fraction of sp³-hybridized carbons (Fsp3) is 0.300. The van der Waals surface area contributed by atoms with Crippen LogP contribution in [0.3, 0.4) is 0 Å². The van der Waals surface area contributed by atoms with Gasteiger partial charge >= 0.3 is 0 Å². The van der Waals surface area contributed by atoms with Gasteiger partial charge in [-0.3, -0.25) is 9.59 Å². The molecule has 1 N–H and O–H groups in total. The molecule has 0 aromatic heterocycles. The minimum Gasteiger partial charge on any atom is -0.490 e. The molecule has 2 aromatic carbocycles. The second kappa shape index (κ2) is 10.1. The Kier molecular flexibility index (Phi) is 7.82. The van der Waals surface area contributed by atoms with Crippen LogP contribution in [0, 0.1) is 0 Å². The van der Waals surface area contributed by atoms with E-state index in [1.807, 2.05) is 18.2 Å². The zero-order valence-electron chi connectivity index (χ0n) is 15.6. The first-order valence-electron chi connectivity index (χ1n) is 8.42. The first kappa shape index (κ1) is 20.9. The molecule has 0 saturated heterocycles. The Balaban J connectivity index is 2.08. The van der Waals surface area contributed by atoms with Crippen LogP contribution in [-0.2, 0) is 16.0 Å². The van der Waals surface area contributed by atoms with Crippen LogP contribution in [0.4, 0.5) is 5.69 Å². The number of anilines is 1. The number of ether oxygens (including phenoxy) is 2. The van der Waals surface area contributed by atoms with Gasteiger partial charge in [-0.15, -0.1) is 0 Å². The molecule has 0 fully saturated rings. The van der Waals surface area contributed by atoms with E-state index in [9.17, 15) is 9.59 Å². The van der Waals surface area contributed by atoms with E-state index in [0.717, 1.165) is 10.0 Å². The zero-order chi connectivity index (χ0) is 19.8. The molecule has 7 heteroatoms. The van der Waals surface area contributed by atoms with Crippen LogP contribution in [0.2, 0.25) is 0 Å². The SMILES string of the molecule is COCCOc1ccc(Br)cc1C(=O)Nc1ccc(CC(=O)N(C)C)cc1. The average molecular weight is 435 g/mol. The molecule has 0 radical (unpaired) electrons. The lowest BCUT2D eigenvalue weighted by molar-refractivity contribution is -0.127. The van der Waals surface area contributed by atoms with Crippen molar-refractivity contribution in [1.29, 1.82) is 0 Å². The largest absolute Gasteiger partial charge is 0.490 e. The van der Waals surface area contributed by atoms with Gasteiger partial charge < -0.3 is 19.7 Å². The number of halogens is 1. The van der Waals surface area contributed by atoms with Crippen LogP contribution in [0.25, 0.3) is 0 Å². The number of carbonyl (C=O) groups excluding carboxylic acids is 2. The Morgan fingerprint density at radius 3 is 2.41 bits per heavy atom. The molecule has 0 saturated carbocycles. The van der Waals surface area contributed by atoms with Gasteiger partial charge in [-0.25, -0.2) is 0 Å². The van der Waals surface area contributed by atoms with Crippen LogP contribution in [0.5, 0.6) is 5.75 Å². The Labute approximate surface area is 167 Å². The number of rotatable bonds is 8. The molecule has 0 spiro atoms. The molecule has 0 bridgehead atoms. The number of carbonyl (C=O) groups is 2. The lowest BCUT2D eigenvalue weighted by Gasteiger charge is -2.13. The number of likely N-dealkylation sites (N-methyl/N-ethyl adjacent to an activating group) is 1. The smallest absolute Gasteiger partial charge is 0.259 e. The summed E-state index contributed by atoms with van der Waals surface area (Å²) in [4.78, 5) is 26.0. The number of amides is 2. The normalized spacial score (nSPS) is 10.4. The molecule has 6 nitrogen and oxygen atoms in total. The van der Waals surface area contributed by atoms with E-state index in [4.69, 9.17) is 9.47 Å². The minimum absolute atomic E-state index is 0.0266. The molecule has 0 heterocycles. The monoisotopic (exact) mass is 434 g/mol. The van der Waals surface area contributed by atoms with Crippen molar-refractivity contribution < 1.29 is 19.1 Å². The second-order valence-corrected chi connectivity index (χ2v) is 7.01. The molecule has 144 valence electrons. The van der Waals surface area contributed by atoms with Gasteiger partial charge in [-0.1, -0.05) is 28.1 Å². The Morgan fingerprint density at radius 2 is 1.78 bits per heavy atom. The minimum atomic E-state index is -0.277. The Hall–Kier alpha value is -2.38. The van der Waals surface area contributed by atoms with Crippen molar-refractivity contribution in [3.05, 3.63) is 58.1 Å². The Bertz CT molecular complexity index is 791. The van der Waals surface area contributed by atoms with E-state index >= 15 is 0 Å². The fourth-order valence-electron chi connectivity index (χ4n) is 2.28. The molecule has 2 aromatic rings. The van der Waals surface area contributed by atoms with E-state index in [0.29, 0.717) is 36.6 Å². The Morgan fingerprint density at radius 1 is 1.07 bits per heavy atom. The summed E-state index contributed by atoms with van der Waals surface area (Å²) < 4.78 is 11.4. The predicted octanol–water partition coefficient (Wildman–Crippen LogP) is 3.36. The van der Waals surface area contributed by atoms with Crippen molar-refractivity contribution in [2.24, 2.45) is 0 Å². The van der Waals surface area contributed by atoms with E-state index in [2.05, 4.69) is 21.2 Å². The summed E-state index contributed by atoms with van der Waals surface area (Å²) in [5, 5.41) is 2.85. The fourth-order valence-corrected chi connectivity index (χ4v) is 2.64. The summed E-state index contributed by atoms with van der Waals surface area (Å²) in [5.41, 5.74) is 1.95. The second-order valence-electron chi connectivity index (χ2n) is 6.10. The molecule has 0 atom stereocenters. The van der Waals surface area contributed by atoms with Gasteiger partial charge in [-0.05, 0) is 35.9 Å². The molecule has 2 amide bonds.